The molecule has 62 heavy (non-hydrogen) atoms. The van der Waals surface area contributed by atoms with Crippen LogP contribution in [0.5, 0.6) is 0 Å². The summed E-state index contributed by atoms with van der Waals surface area (Å²) < 4.78 is 74.3. The smallest absolute Gasteiger partial charge is 0.338 e. The molecular weight excluding hydrogens is 809 g/mol. The lowest BCUT2D eigenvalue weighted by atomic mass is 9.87. The predicted molar refractivity (Wildman–Crippen MR) is 232 cm³/mol. The van der Waals surface area contributed by atoms with E-state index in [9.17, 15) is 4.79 Å². The second kappa shape index (κ2) is 18.8. The quantitative estimate of drug-likeness (QED) is 0.143. The summed E-state index contributed by atoms with van der Waals surface area (Å²) >= 11 is 0. The van der Waals surface area contributed by atoms with Crippen molar-refractivity contribution in [2.24, 2.45) is 17.8 Å². The number of rotatable bonds is 10. The van der Waals surface area contributed by atoms with Crippen molar-refractivity contribution in [1.82, 2.24) is 0 Å². The number of esters is 1. The van der Waals surface area contributed by atoms with Gasteiger partial charge in [0.25, 0.3) is 0 Å². The Balaban J connectivity index is 1.10. The zero-order chi connectivity index (χ0) is 43.9. The molecule has 0 spiro atoms. The molecule has 5 fully saturated rings. The first-order valence-electron chi connectivity index (χ1n) is 22.4. The Morgan fingerprint density at radius 3 is 1.66 bits per heavy atom. The van der Waals surface area contributed by atoms with Crippen LogP contribution in [-0.2, 0) is 51.8 Å². The molecule has 0 N–H and O–H groups in total. The Morgan fingerprint density at radius 1 is 0.565 bits per heavy atom. The summed E-state index contributed by atoms with van der Waals surface area (Å²) in [7, 11) is -2.40. The molecule has 8 rings (SSSR count). The van der Waals surface area contributed by atoms with Crippen LogP contribution < -0.4 is 0 Å². The van der Waals surface area contributed by atoms with Crippen LogP contribution in [0.3, 0.4) is 0 Å². The molecule has 0 saturated carbocycles. The summed E-state index contributed by atoms with van der Waals surface area (Å²) in [6.45, 7) is 22.0. The highest BCUT2D eigenvalue weighted by atomic mass is 28.4. The van der Waals surface area contributed by atoms with Gasteiger partial charge in [0, 0.05) is 28.9 Å². The van der Waals surface area contributed by atoms with Crippen LogP contribution in [0.4, 0.5) is 0 Å². The van der Waals surface area contributed by atoms with E-state index in [0.717, 1.165) is 11.1 Å². The molecule has 12 nitrogen and oxygen atoms in total. The van der Waals surface area contributed by atoms with Crippen molar-refractivity contribution in [1.29, 1.82) is 0 Å². The Morgan fingerprint density at radius 2 is 1.08 bits per heavy atom. The van der Waals surface area contributed by atoms with Gasteiger partial charge < -0.3 is 51.8 Å². The number of carbonyl (C=O) groups excluding carboxylic acids is 1. The van der Waals surface area contributed by atoms with Gasteiger partial charge in [0.05, 0.1) is 43.2 Å². The summed E-state index contributed by atoms with van der Waals surface area (Å²) in [5.74, 6) is -1.12. The van der Waals surface area contributed by atoms with Gasteiger partial charge in [-0.3, -0.25) is 0 Å². The fourth-order valence-corrected chi connectivity index (χ4v) is 10.4. The van der Waals surface area contributed by atoms with Crippen molar-refractivity contribution in [3.63, 3.8) is 0 Å². The maximum atomic E-state index is 13.5. The molecule has 5 heterocycles. The molecule has 0 amide bonds. The van der Waals surface area contributed by atoms with Gasteiger partial charge in [0.2, 0.25) is 0 Å². The van der Waals surface area contributed by atoms with E-state index in [-0.39, 0.29) is 35.7 Å². The molecule has 5 aliphatic rings. The van der Waals surface area contributed by atoms with Crippen molar-refractivity contribution < 1.29 is 56.6 Å². The first kappa shape index (κ1) is 45.5. The molecule has 0 radical (unpaired) electrons. The van der Waals surface area contributed by atoms with E-state index >= 15 is 0 Å². The van der Waals surface area contributed by atoms with E-state index in [0.29, 0.717) is 12.2 Å². The van der Waals surface area contributed by atoms with Gasteiger partial charge in [-0.15, -0.1) is 0 Å². The zero-order valence-corrected chi connectivity index (χ0v) is 38.8. The third-order valence-corrected chi connectivity index (χ3v) is 18.5. The molecule has 5 aliphatic heterocycles. The number of ether oxygens (including phenoxy) is 10. The standard InChI is InChI=1S/C49H66O12Si/c1-28-31(4)53-32(5)42(56-44(50)33-20-14-11-15-21-33)39(28)58-45-30(3)40(43-37(54-45)27-52-47(60-43)35-24-18-13-19-25-35)59-48-41(61-62(9,10)49(6,7)8)29(2)38-36(55-48)26-51-46(57-38)34-22-16-12-17-23-34/h11-25,28-32,36-43,45-48H,26-27H2,1-10H3/t28-,29-,30?,31?,32?,36?,37?,38-,39-,40+,41?,42?,43+,45-,46?,47?,48-/m0/s1. The van der Waals surface area contributed by atoms with Gasteiger partial charge in [0.1, 0.15) is 30.5 Å². The van der Waals surface area contributed by atoms with Crippen LogP contribution in [0.25, 0.3) is 0 Å². The number of benzene rings is 3. The van der Waals surface area contributed by atoms with Crippen molar-refractivity contribution in [3.8, 4) is 0 Å². The average Bonchev–Trinajstić information content (AvgIpc) is 3.26. The number of hydrogen-bond acceptors (Lipinski definition) is 12. The van der Waals surface area contributed by atoms with Gasteiger partial charge in [-0.25, -0.2) is 4.79 Å². The highest BCUT2D eigenvalue weighted by molar-refractivity contribution is 6.74. The van der Waals surface area contributed by atoms with Crippen molar-refractivity contribution in [2.75, 3.05) is 13.2 Å². The molecule has 9 unspecified atom stereocenters. The molecule has 0 bridgehead atoms. The van der Waals surface area contributed by atoms with Crippen LogP contribution in [0.1, 0.15) is 89.5 Å². The Labute approximate surface area is 368 Å². The first-order valence-corrected chi connectivity index (χ1v) is 25.4. The molecule has 338 valence electrons. The minimum atomic E-state index is -2.40. The summed E-state index contributed by atoms with van der Waals surface area (Å²) in [6.07, 6.45) is -7.59. The summed E-state index contributed by atoms with van der Waals surface area (Å²) in [6, 6.07) is 28.9. The largest absolute Gasteiger partial charge is 0.453 e. The highest BCUT2D eigenvalue weighted by Gasteiger charge is 2.57. The van der Waals surface area contributed by atoms with E-state index in [1.807, 2.05) is 92.7 Å². The minimum Gasteiger partial charge on any atom is -0.453 e. The van der Waals surface area contributed by atoms with E-state index < -0.39 is 94.2 Å². The van der Waals surface area contributed by atoms with Crippen LogP contribution in [0.2, 0.25) is 18.1 Å². The molecule has 3 aromatic carbocycles. The third-order valence-electron chi connectivity index (χ3n) is 14.0. The van der Waals surface area contributed by atoms with Crippen LogP contribution in [0.15, 0.2) is 91.0 Å². The lowest BCUT2D eigenvalue weighted by molar-refractivity contribution is -0.400. The van der Waals surface area contributed by atoms with E-state index in [1.54, 1.807) is 12.1 Å². The number of fused-ring (bicyclic) bond motifs is 2. The number of carbonyl (C=O) groups is 1. The lowest BCUT2D eigenvalue weighted by Crippen LogP contribution is -2.66. The minimum absolute atomic E-state index is 0.0882. The van der Waals surface area contributed by atoms with Gasteiger partial charge in [-0.05, 0) is 44.1 Å². The number of hydrogen-bond donors (Lipinski definition) is 0. The summed E-state index contributed by atoms with van der Waals surface area (Å²) in [4.78, 5) is 13.5. The highest BCUT2D eigenvalue weighted by Crippen LogP contribution is 2.46. The molecule has 0 aliphatic carbocycles. The Kier molecular flexibility index (Phi) is 13.8. The fourth-order valence-electron chi connectivity index (χ4n) is 9.04. The predicted octanol–water partition coefficient (Wildman–Crippen LogP) is 8.77. The average molecular weight is 875 g/mol. The molecule has 0 aromatic heterocycles. The van der Waals surface area contributed by atoms with Crippen LogP contribution in [-0.4, -0.2) is 101 Å². The monoisotopic (exact) mass is 874 g/mol. The third kappa shape index (κ3) is 9.50. The normalized spacial score (nSPS) is 39.0. The first-order chi connectivity index (χ1) is 29.6. The van der Waals surface area contributed by atoms with E-state index in [2.05, 4.69) is 54.6 Å². The molecule has 3 aromatic rings. The second-order valence-corrected chi connectivity index (χ2v) is 24.1. The lowest BCUT2D eigenvalue weighted by Gasteiger charge is -2.54. The van der Waals surface area contributed by atoms with Gasteiger partial charge >= 0.3 is 5.97 Å². The van der Waals surface area contributed by atoms with Gasteiger partial charge in [-0.1, -0.05) is 120 Å². The molecule has 5 saturated heterocycles. The SMILES string of the molecule is CC1OC(C)[C@H](C)[C@H](O[C@@H]2OC3COC(c4ccccc4)O[C@H]3[C@H](O[C@@H]3OC4COC(c5ccccc5)O[C@H]4[C@H](C)C3O[Si](C)(C)C(C)(C)C)C2C)C1OC(=O)c1ccccc1. The maximum Gasteiger partial charge on any atom is 0.338 e. The Hall–Kier alpha value is -3.05. The van der Waals surface area contributed by atoms with Crippen molar-refractivity contribution in [3.05, 3.63) is 108 Å². The zero-order valence-electron chi connectivity index (χ0n) is 37.8. The summed E-state index contributed by atoms with van der Waals surface area (Å²) in [5.41, 5.74) is 2.30. The van der Waals surface area contributed by atoms with E-state index in [1.165, 1.54) is 0 Å². The van der Waals surface area contributed by atoms with Crippen LogP contribution in [0, 0.1) is 17.8 Å². The van der Waals surface area contributed by atoms with Crippen molar-refractivity contribution in [2.45, 2.75) is 160 Å². The van der Waals surface area contributed by atoms with Gasteiger partial charge in [0.15, 0.2) is 39.6 Å². The fraction of sp³-hybridized carbons (Fsp3) is 0.612. The Bertz CT molecular complexity index is 1910. The molecular formula is C49H66O12Si. The molecule has 13 heteroatoms. The van der Waals surface area contributed by atoms with E-state index in [4.69, 9.17) is 51.8 Å². The maximum absolute atomic E-state index is 13.5. The topological polar surface area (TPSA) is 119 Å². The van der Waals surface area contributed by atoms with Crippen molar-refractivity contribution >= 4 is 14.3 Å². The second-order valence-electron chi connectivity index (χ2n) is 19.3. The summed E-state index contributed by atoms with van der Waals surface area (Å²) in [5, 5.41) is -0.0882. The molecule has 17 atom stereocenters. The van der Waals surface area contributed by atoms with Crippen LogP contribution >= 0.6 is 0 Å². The van der Waals surface area contributed by atoms with Gasteiger partial charge in [-0.2, -0.15) is 0 Å².